The molecule has 35 heavy (non-hydrogen) atoms. The molecule has 3 aromatic carbocycles. The number of nitrogens with zero attached hydrogens (tertiary/aromatic N) is 1. The van der Waals surface area contributed by atoms with E-state index in [-0.39, 0.29) is 24.3 Å². The Kier molecular flexibility index (Phi) is 6.98. The van der Waals surface area contributed by atoms with Gasteiger partial charge in [0, 0.05) is 6.42 Å². The number of sulfonamides is 1. The zero-order valence-corrected chi connectivity index (χ0v) is 20.9. The molecule has 0 saturated carbocycles. The maximum atomic E-state index is 13.7. The quantitative estimate of drug-likeness (QED) is 0.430. The molecule has 0 spiro atoms. The Morgan fingerprint density at radius 1 is 1.09 bits per heavy atom. The second-order valence-electron chi connectivity index (χ2n) is 8.89. The fourth-order valence-electron chi connectivity index (χ4n) is 4.33. The third-order valence-electron chi connectivity index (χ3n) is 6.13. The molecule has 0 bridgehead atoms. The SMILES string of the molecule is C/C(=C\c1ccc2c(c1)N(S(=O)(=O)c1cccc(C)c1)C[C@H](CCC(=O)O)O2)c1ccccc1C. The number of carboxylic acid groups (broad SMARTS) is 1. The highest BCUT2D eigenvalue weighted by molar-refractivity contribution is 7.92. The molecule has 7 heteroatoms. The molecule has 0 fully saturated rings. The van der Waals surface area contributed by atoms with Crippen LogP contribution >= 0.6 is 0 Å². The van der Waals surface area contributed by atoms with E-state index in [1.54, 1.807) is 24.3 Å². The highest BCUT2D eigenvalue weighted by Crippen LogP contribution is 2.39. The third kappa shape index (κ3) is 5.41. The van der Waals surface area contributed by atoms with Crippen LogP contribution in [0.2, 0.25) is 0 Å². The molecule has 6 nitrogen and oxygen atoms in total. The van der Waals surface area contributed by atoms with E-state index < -0.39 is 22.1 Å². The molecule has 0 radical (unpaired) electrons. The summed E-state index contributed by atoms with van der Waals surface area (Å²) >= 11 is 0. The second-order valence-corrected chi connectivity index (χ2v) is 10.8. The van der Waals surface area contributed by atoms with E-state index in [1.807, 2.05) is 50.3 Å². The van der Waals surface area contributed by atoms with Crippen LogP contribution in [0.25, 0.3) is 11.6 Å². The molecule has 1 N–H and O–H groups in total. The lowest BCUT2D eigenvalue weighted by molar-refractivity contribution is -0.137. The third-order valence-corrected chi connectivity index (χ3v) is 7.90. The summed E-state index contributed by atoms with van der Waals surface area (Å²) < 4.78 is 34.8. The van der Waals surface area contributed by atoms with Crippen molar-refractivity contribution >= 4 is 33.3 Å². The Morgan fingerprint density at radius 2 is 1.86 bits per heavy atom. The van der Waals surface area contributed by atoms with Gasteiger partial charge in [-0.2, -0.15) is 0 Å². The van der Waals surface area contributed by atoms with Crippen LogP contribution < -0.4 is 9.04 Å². The fraction of sp³-hybridized carbons (Fsp3) is 0.250. The summed E-state index contributed by atoms with van der Waals surface area (Å²) in [4.78, 5) is 11.3. The smallest absolute Gasteiger partial charge is 0.303 e. The Morgan fingerprint density at radius 3 is 2.57 bits per heavy atom. The second kappa shape index (κ2) is 9.96. The van der Waals surface area contributed by atoms with Crippen molar-refractivity contribution in [3.8, 4) is 5.75 Å². The maximum absolute atomic E-state index is 13.7. The average molecular weight is 492 g/mol. The molecule has 3 aromatic rings. The van der Waals surface area contributed by atoms with E-state index >= 15 is 0 Å². The van der Waals surface area contributed by atoms with Gasteiger partial charge in [0.25, 0.3) is 10.0 Å². The molecule has 1 aliphatic heterocycles. The molecule has 1 heterocycles. The van der Waals surface area contributed by atoms with E-state index in [9.17, 15) is 13.2 Å². The molecule has 1 aliphatic rings. The monoisotopic (exact) mass is 491 g/mol. The van der Waals surface area contributed by atoms with Crippen molar-refractivity contribution in [3.63, 3.8) is 0 Å². The predicted octanol–water partition coefficient (Wildman–Crippen LogP) is 5.69. The van der Waals surface area contributed by atoms with Crippen LogP contribution in [-0.2, 0) is 14.8 Å². The first-order valence-electron chi connectivity index (χ1n) is 11.5. The summed E-state index contributed by atoms with van der Waals surface area (Å²) in [5.41, 5.74) is 5.48. The number of rotatable bonds is 7. The Balaban J connectivity index is 1.77. The van der Waals surface area contributed by atoms with Crippen LogP contribution in [0.3, 0.4) is 0 Å². The van der Waals surface area contributed by atoms with Crippen LogP contribution in [0.1, 0.15) is 42.0 Å². The van der Waals surface area contributed by atoms with E-state index in [4.69, 9.17) is 9.84 Å². The van der Waals surface area contributed by atoms with Gasteiger partial charge in [-0.25, -0.2) is 8.42 Å². The number of ether oxygens (including phenoxy) is 1. The van der Waals surface area contributed by atoms with Crippen molar-refractivity contribution < 1.29 is 23.1 Å². The number of benzene rings is 3. The van der Waals surface area contributed by atoms with Gasteiger partial charge in [-0.15, -0.1) is 0 Å². The van der Waals surface area contributed by atoms with Gasteiger partial charge < -0.3 is 9.84 Å². The number of allylic oxidation sites excluding steroid dienone is 1. The number of hydrogen-bond donors (Lipinski definition) is 1. The van der Waals surface area contributed by atoms with Crippen LogP contribution in [0, 0.1) is 13.8 Å². The van der Waals surface area contributed by atoms with Gasteiger partial charge in [0.05, 0.1) is 17.1 Å². The fourth-order valence-corrected chi connectivity index (χ4v) is 5.93. The number of hydrogen-bond acceptors (Lipinski definition) is 4. The van der Waals surface area contributed by atoms with Crippen molar-refractivity contribution in [1.82, 2.24) is 0 Å². The van der Waals surface area contributed by atoms with Crippen LogP contribution in [0.4, 0.5) is 5.69 Å². The lowest BCUT2D eigenvalue weighted by Gasteiger charge is -2.35. The largest absolute Gasteiger partial charge is 0.486 e. The van der Waals surface area contributed by atoms with Crippen molar-refractivity contribution in [1.29, 1.82) is 0 Å². The number of aryl methyl sites for hydroxylation is 2. The number of anilines is 1. The highest BCUT2D eigenvalue weighted by atomic mass is 32.2. The minimum Gasteiger partial charge on any atom is -0.486 e. The van der Waals surface area contributed by atoms with Gasteiger partial charge in [0.1, 0.15) is 11.9 Å². The van der Waals surface area contributed by atoms with Crippen molar-refractivity contribution in [2.75, 3.05) is 10.8 Å². The summed E-state index contributed by atoms with van der Waals surface area (Å²) in [6, 6.07) is 20.4. The van der Waals surface area contributed by atoms with E-state index in [1.165, 1.54) is 4.31 Å². The molecule has 4 rings (SSSR count). The van der Waals surface area contributed by atoms with E-state index in [2.05, 4.69) is 19.1 Å². The number of carboxylic acids is 1. The summed E-state index contributed by atoms with van der Waals surface area (Å²) in [5.74, 6) is -0.520. The summed E-state index contributed by atoms with van der Waals surface area (Å²) in [5, 5.41) is 9.11. The van der Waals surface area contributed by atoms with E-state index in [0.29, 0.717) is 11.4 Å². The minimum absolute atomic E-state index is 0.0422. The van der Waals surface area contributed by atoms with Crippen LogP contribution in [0.15, 0.2) is 71.6 Å². The molecular weight excluding hydrogens is 462 g/mol. The number of aliphatic carboxylic acids is 1. The highest BCUT2D eigenvalue weighted by Gasteiger charge is 2.35. The van der Waals surface area contributed by atoms with Gasteiger partial charge in [0.2, 0.25) is 0 Å². The molecule has 0 amide bonds. The molecule has 0 aromatic heterocycles. The molecule has 182 valence electrons. The Labute approximate surface area is 206 Å². The number of fused-ring (bicyclic) bond motifs is 1. The lowest BCUT2D eigenvalue weighted by atomic mass is 9.99. The Bertz CT molecular complexity index is 1390. The summed E-state index contributed by atoms with van der Waals surface area (Å²) in [7, 11) is -3.89. The normalized spacial score (nSPS) is 15.9. The molecule has 0 saturated heterocycles. The lowest BCUT2D eigenvalue weighted by Crippen LogP contribution is -2.43. The maximum Gasteiger partial charge on any atom is 0.303 e. The summed E-state index contributed by atoms with van der Waals surface area (Å²) in [6.45, 7) is 5.97. The van der Waals surface area contributed by atoms with Gasteiger partial charge in [-0.05, 0) is 79.3 Å². The molecule has 0 aliphatic carbocycles. The Hall–Kier alpha value is -3.58. The predicted molar refractivity (Wildman–Crippen MR) is 138 cm³/mol. The van der Waals surface area contributed by atoms with Gasteiger partial charge >= 0.3 is 5.97 Å². The standard InChI is InChI=1S/C28H29NO5S/c1-19-7-6-9-24(15-19)35(32,33)29-18-23(12-14-28(30)31)34-27-13-11-22(17-26(27)29)16-21(3)25-10-5-4-8-20(25)2/h4-11,13,15-17,23H,12,14,18H2,1-3H3,(H,30,31)/b21-16+/t23-/m0/s1. The molecular formula is C28H29NO5S. The molecule has 1 atom stereocenters. The average Bonchev–Trinajstić information content (AvgIpc) is 2.82. The van der Waals surface area contributed by atoms with Crippen molar-refractivity contribution in [3.05, 3.63) is 89.0 Å². The first kappa shape index (κ1) is 24.5. The van der Waals surface area contributed by atoms with Crippen molar-refractivity contribution in [2.45, 2.75) is 44.6 Å². The van der Waals surface area contributed by atoms with Gasteiger partial charge in [-0.1, -0.05) is 48.5 Å². The first-order chi connectivity index (χ1) is 16.6. The summed E-state index contributed by atoms with van der Waals surface area (Å²) in [6.07, 6.45) is 1.57. The zero-order valence-electron chi connectivity index (χ0n) is 20.1. The first-order valence-corrected chi connectivity index (χ1v) is 13.0. The molecule has 0 unspecified atom stereocenters. The van der Waals surface area contributed by atoms with Crippen LogP contribution in [0.5, 0.6) is 5.75 Å². The van der Waals surface area contributed by atoms with E-state index in [0.717, 1.165) is 27.8 Å². The van der Waals surface area contributed by atoms with Crippen LogP contribution in [-0.4, -0.2) is 32.1 Å². The van der Waals surface area contributed by atoms with Gasteiger partial charge in [0.15, 0.2) is 0 Å². The zero-order chi connectivity index (χ0) is 25.2. The van der Waals surface area contributed by atoms with Crippen molar-refractivity contribution in [2.24, 2.45) is 0 Å². The topological polar surface area (TPSA) is 83.9 Å². The number of carbonyl (C=O) groups is 1. The van der Waals surface area contributed by atoms with Gasteiger partial charge in [-0.3, -0.25) is 9.10 Å². The minimum atomic E-state index is -3.89.